The van der Waals surface area contributed by atoms with Crippen molar-refractivity contribution in [3.8, 4) is 5.75 Å². The molecule has 5 aliphatic carbocycles. The highest BCUT2D eigenvalue weighted by Crippen LogP contribution is 2.53. The number of phenols is 1. The highest BCUT2D eigenvalue weighted by Gasteiger charge is 2.47. The van der Waals surface area contributed by atoms with E-state index in [0.717, 1.165) is 70.3 Å². The Kier molecular flexibility index (Phi) is 10.7. The Morgan fingerprint density at radius 3 is 2.41 bits per heavy atom. The van der Waals surface area contributed by atoms with Crippen molar-refractivity contribution in [1.29, 1.82) is 0 Å². The van der Waals surface area contributed by atoms with Crippen LogP contribution in [0.25, 0.3) is 0 Å². The van der Waals surface area contributed by atoms with Crippen molar-refractivity contribution in [2.75, 3.05) is 6.54 Å². The van der Waals surface area contributed by atoms with E-state index in [-0.39, 0.29) is 16.7 Å². The lowest BCUT2D eigenvalue weighted by atomic mass is 9.56. The number of nitrogens with two attached hydrogens (primary N) is 1. The third-order valence-electron chi connectivity index (χ3n) is 12.6. The van der Waals surface area contributed by atoms with Crippen LogP contribution in [0.3, 0.4) is 0 Å². The Bertz CT molecular complexity index is 1380. The van der Waals surface area contributed by atoms with E-state index in [0.29, 0.717) is 18.1 Å². The molecular formula is C42H57NO3. The normalized spacial score (nSPS) is 28.6. The van der Waals surface area contributed by atoms with Gasteiger partial charge in [0.25, 0.3) is 0 Å². The summed E-state index contributed by atoms with van der Waals surface area (Å²) >= 11 is 0. The molecule has 46 heavy (non-hydrogen) atoms. The lowest BCUT2D eigenvalue weighted by Crippen LogP contribution is -2.43. The monoisotopic (exact) mass is 623 g/mol. The topological polar surface area (TPSA) is 83.6 Å². The number of aliphatic carboxylic acids is 1. The second-order valence-corrected chi connectivity index (χ2v) is 15.3. The van der Waals surface area contributed by atoms with Crippen LogP contribution in [-0.4, -0.2) is 22.7 Å². The standard InChI is InChI=1S/C42H57NO3/c43-26-22-33-14-13-31(27-33)9-4-1-2-5-11-37-28-32-15-20-39(40(45)46)41(23-6-3-7-24-41)36-12-8-10-34(29-36)30-42(37,25-21-32)35-16-18-38(44)19-17-35/h8,10,12,15-19,27,29,31,37,39,44H,1-7,9,11,13-14,20-26,28,30,43H2,(H,45,46)/b32-15+/t31-,37-,39-,42-/m0/s1. The number of benzene rings is 2. The van der Waals surface area contributed by atoms with Gasteiger partial charge in [0.2, 0.25) is 0 Å². The predicted molar refractivity (Wildman–Crippen MR) is 188 cm³/mol. The summed E-state index contributed by atoms with van der Waals surface area (Å²) in [6.45, 7) is 0.772. The van der Waals surface area contributed by atoms with E-state index in [4.69, 9.17) is 5.73 Å². The smallest absolute Gasteiger partial charge is 0.307 e. The van der Waals surface area contributed by atoms with Crippen LogP contribution in [0.15, 0.2) is 71.8 Å². The number of phenolic OH excluding ortho intramolecular Hbond substituents is 1. The van der Waals surface area contributed by atoms with Gasteiger partial charge in [-0.25, -0.2) is 0 Å². The van der Waals surface area contributed by atoms with E-state index in [1.807, 2.05) is 12.1 Å². The van der Waals surface area contributed by atoms with Gasteiger partial charge in [0.05, 0.1) is 5.92 Å². The van der Waals surface area contributed by atoms with Gasteiger partial charge in [0, 0.05) is 10.8 Å². The molecule has 0 saturated heterocycles. The van der Waals surface area contributed by atoms with Crippen molar-refractivity contribution in [3.05, 3.63) is 88.5 Å². The molecule has 0 amide bonds. The zero-order valence-electron chi connectivity index (χ0n) is 28.0. The molecule has 2 saturated carbocycles. The first-order valence-electron chi connectivity index (χ1n) is 18.6. The van der Waals surface area contributed by atoms with Crippen LogP contribution >= 0.6 is 0 Å². The number of allylic oxidation sites excluding steroid dienone is 3. The van der Waals surface area contributed by atoms with Crippen molar-refractivity contribution in [1.82, 2.24) is 0 Å². The molecule has 0 aromatic heterocycles. The number of carbonyl (C=O) groups is 1. The molecule has 4 atom stereocenters. The third-order valence-corrected chi connectivity index (χ3v) is 12.6. The lowest BCUT2D eigenvalue weighted by Gasteiger charge is -2.48. The maximum atomic E-state index is 13.0. The summed E-state index contributed by atoms with van der Waals surface area (Å²) in [7, 11) is 0. The Hall–Kier alpha value is -2.85. The van der Waals surface area contributed by atoms with Crippen molar-refractivity contribution in [2.45, 2.75) is 133 Å². The average Bonchev–Trinajstić information content (AvgIpc) is 3.51. The molecule has 4 bridgehead atoms. The Morgan fingerprint density at radius 1 is 0.870 bits per heavy atom. The molecule has 5 aliphatic rings. The first kappa shape index (κ1) is 33.1. The quantitative estimate of drug-likeness (QED) is 0.172. The van der Waals surface area contributed by atoms with E-state index < -0.39 is 5.97 Å². The van der Waals surface area contributed by atoms with Crippen LogP contribution in [0.4, 0.5) is 0 Å². The summed E-state index contributed by atoms with van der Waals surface area (Å²) in [5, 5.41) is 20.9. The fourth-order valence-electron chi connectivity index (χ4n) is 10.1. The molecule has 0 aliphatic heterocycles. The fraction of sp³-hybridized carbons (Fsp3) is 0.595. The number of hydrogen-bond acceptors (Lipinski definition) is 3. The number of hydrogen-bond donors (Lipinski definition) is 3. The Labute approximate surface area is 277 Å². The van der Waals surface area contributed by atoms with Crippen LogP contribution < -0.4 is 5.73 Å². The van der Waals surface area contributed by atoms with E-state index in [1.165, 1.54) is 80.1 Å². The SMILES string of the molecule is NCCC1=C[C@@H](CCCCCC[C@H]2C/C3=C/C[C@@H](C(=O)O)C4(CCCCC4)c4cccc(c4)C[C@]2(c2ccc(O)cc2)CC3)CC1. The first-order valence-corrected chi connectivity index (χ1v) is 18.6. The van der Waals surface area contributed by atoms with Crippen molar-refractivity contribution >= 4 is 5.97 Å². The second kappa shape index (κ2) is 14.9. The molecule has 4 nitrogen and oxygen atoms in total. The number of fused-ring (bicyclic) bond motifs is 4. The molecule has 2 aromatic rings. The molecule has 1 spiro atoms. The first-order chi connectivity index (χ1) is 22.4. The molecule has 4 heteroatoms. The summed E-state index contributed by atoms with van der Waals surface area (Å²) < 4.78 is 0. The van der Waals surface area contributed by atoms with Gasteiger partial charge in [-0.1, -0.05) is 105 Å². The minimum Gasteiger partial charge on any atom is -0.508 e. The molecule has 0 heterocycles. The maximum Gasteiger partial charge on any atom is 0.307 e. The van der Waals surface area contributed by atoms with Gasteiger partial charge < -0.3 is 15.9 Å². The number of rotatable bonds is 11. The van der Waals surface area contributed by atoms with E-state index in [9.17, 15) is 15.0 Å². The highest BCUT2D eigenvalue weighted by molar-refractivity contribution is 5.73. The molecule has 248 valence electrons. The number of carboxylic acids is 1. The third kappa shape index (κ3) is 7.18. The molecular weight excluding hydrogens is 566 g/mol. The molecule has 0 radical (unpaired) electrons. The van der Waals surface area contributed by atoms with Gasteiger partial charge in [-0.15, -0.1) is 0 Å². The number of unbranched alkanes of at least 4 members (excludes halogenated alkanes) is 3. The summed E-state index contributed by atoms with van der Waals surface area (Å²) in [4.78, 5) is 13.0. The van der Waals surface area contributed by atoms with Gasteiger partial charge in [-0.05, 0) is 124 Å². The summed E-state index contributed by atoms with van der Waals surface area (Å²) in [6.07, 6.45) is 26.2. The summed E-state index contributed by atoms with van der Waals surface area (Å²) in [6, 6.07) is 17.3. The molecule has 2 aromatic carbocycles. The fourth-order valence-corrected chi connectivity index (χ4v) is 10.1. The van der Waals surface area contributed by atoms with Gasteiger partial charge in [0.1, 0.15) is 5.75 Å². The maximum absolute atomic E-state index is 13.0. The Balaban J connectivity index is 1.25. The van der Waals surface area contributed by atoms with Crippen LogP contribution in [0.5, 0.6) is 5.75 Å². The number of aromatic hydroxyl groups is 1. The van der Waals surface area contributed by atoms with E-state index in [1.54, 1.807) is 5.57 Å². The number of carboxylic acid groups (broad SMARTS) is 1. The lowest BCUT2D eigenvalue weighted by molar-refractivity contribution is -0.145. The highest BCUT2D eigenvalue weighted by atomic mass is 16.4. The summed E-state index contributed by atoms with van der Waals surface area (Å²) in [5.41, 5.74) is 12.5. The molecule has 7 rings (SSSR count). The van der Waals surface area contributed by atoms with Crippen LogP contribution in [0, 0.1) is 17.8 Å². The largest absolute Gasteiger partial charge is 0.508 e. The van der Waals surface area contributed by atoms with Crippen LogP contribution in [0.2, 0.25) is 0 Å². The van der Waals surface area contributed by atoms with E-state index in [2.05, 4.69) is 48.6 Å². The molecule has 0 unspecified atom stereocenters. The Morgan fingerprint density at radius 2 is 1.65 bits per heavy atom. The van der Waals surface area contributed by atoms with Gasteiger partial charge >= 0.3 is 5.97 Å². The van der Waals surface area contributed by atoms with Crippen molar-refractivity contribution in [3.63, 3.8) is 0 Å². The van der Waals surface area contributed by atoms with E-state index >= 15 is 0 Å². The van der Waals surface area contributed by atoms with Crippen molar-refractivity contribution < 1.29 is 15.0 Å². The predicted octanol–water partition coefficient (Wildman–Crippen LogP) is 9.93. The molecule has 4 N–H and O–H groups in total. The van der Waals surface area contributed by atoms with Crippen molar-refractivity contribution in [2.24, 2.45) is 23.5 Å². The molecule has 2 fully saturated rings. The van der Waals surface area contributed by atoms with Crippen LogP contribution in [0.1, 0.15) is 132 Å². The zero-order valence-corrected chi connectivity index (χ0v) is 28.0. The van der Waals surface area contributed by atoms with Gasteiger partial charge in [-0.3, -0.25) is 4.79 Å². The minimum absolute atomic E-state index is 0.00280. The average molecular weight is 624 g/mol. The van der Waals surface area contributed by atoms with Gasteiger partial charge in [-0.2, -0.15) is 0 Å². The second-order valence-electron chi connectivity index (χ2n) is 15.3. The summed E-state index contributed by atoms with van der Waals surface area (Å²) in [5.74, 6) is 0.568. The van der Waals surface area contributed by atoms with Gasteiger partial charge in [0.15, 0.2) is 0 Å². The zero-order chi connectivity index (χ0) is 32.0. The minimum atomic E-state index is -0.629. The van der Waals surface area contributed by atoms with Crippen LogP contribution in [-0.2, 0) is 22.0 Å².